The molecule has 0 spiro atoms. The van der Waals surface area contributed by atoms with Gasteiger partial charge in [-0.2, -0.15) is 11.8 Å². The summed E-state index contributed by atoms with van der Waals surface area (Å²) in [5.41, 5.74) is 10.8. The van der Waals surface area contributed by atoms with Crippen molar-refractivity contribution in [2.75, 3.05) is 49.1 Å². The molecule has 0 atom stereocenters. The van der Waals surface area contributed by atoms with Crippen molar-refractivity contribution in [2.45, 2.75) is 99.4 Å². The van der Waals surface area contributed by atoms with Crippen LogP contribution in [0.4, 0.5) is 10.1 Å². The normalized spacial score (nSPS) is 18.3. The van der Waals surface area contributed by atoms with Gasteiger partial charge in [-0.25, -0.2) is 4.39 Å². The van der Waals surface area contributed by atoms with Gasteiger partial charge in [0.1, 0.15) is 5.82 Å². The summed E-state index contributed by atoms with van der Waals surface area (Å²) in [5.74, 6) is 1.27. The standard InChI is InChI=1S/C37H47FN4O2S.C4H10O/c1-25-19-31(38)8-7-29(25)22-41-12-9-27-20-28(5-6-30(27)23-41)35-33(24-40-15-17-45-18-16-40)39-26(2)32(21-34(43)44)36(35)42-13-10-37(3,4)11-14-42;1-4(2,3)5/h5-8,19-20H,9-18,21-24H2,1-4H3,(H,43,44);5H,1-3H3. The monoisotopic (exact) mass is 704 g/mol. The zero-order valence-electron chi connectivity index (χ0n) is 31.2. The molecule has 4 heterocycles. The molecule has 9 heteroatoms. The van der Waals surface area contributed by atoms with Gasteiger partial charge < -0.3 is 15.1 Å². The number of aliphatic carboxylic acids is 1. The Morgan fingerprint density at radius 2 is 1.62 bits per heavy atom. The van der Waals surface area contributed by atoms with Crippen LogP contribution < -0.4 is 4.90 Å². The SMILES string of the molecule is CC(C)(C)O.Cc1cc(F)ccc1CN1CCc2cc(-c3c(CN4CCSCC4)nc(C)c(CC(=O)O)c3N3CCC(C)(C)CC3)ccc2C1. The van der Waals surface area contributed by atoms with E-state index in [1.807, 2.05) is 31.7 Å². The molecule has 7 nitrogen and oxygen atoms in total. The molecule has 3 aromatic rings. The first kappa shape index (κ1) is 38.3. The highest BCUT2D eigenvalue weighted by Gasteiger charge is 2.32. The third-order valence-corrected chi connectivity index (χ3v) is 11.0. The molecule has 0 aliphatic carbocycles. The number of pyridine rings is 1. The van der Waals surface area contributed by atoms with Crippen LogP contribution in [0, 0.1) is 25.1 Å². The molecule has 50 heavy (non-hydrogen) atoms. The zero-order valence-corrected chi connectivity index (χ0v) is 32.1. The second-order valence-corrected chi connectivity index (χ2v) is 17.4. The van der Waals surface area contributed by atoms with Crippen LogP contribution in [0.15, 0.2) is 36.4 Å². The van der Waals surface area contributed by atoms with Crippen molar-refractivity contribution in [3.63, 3.8) is 0 Å². The fraction of sp³-hybridized carbons (Fsp3) is 0.561. The van der Waals surface area contributed by atoms with Crippen molar-refractivity contribution < 1.29 is 19.4 Å². The number of aliphatic hydroxyl groups is 1. The molecule has 6 rings (SSSR count). The number of halogens is 1. The number of piperidine rings is 1. The molecule has 2 saturated heterocycles. The van der Waals surface area contributed by atoms with Gasteiger partial charge in [0, 0.05) is 80.7 Å². The Kier molecular flexibility index (Phi) is 12.3. The maximum atomic E-state index is 13.7. The summed E-state index contributed by atoms with van der Waals surface area (Å²) in [6.45, 7) is 21.2. The van der Waals surface area contributed by atoms with E-state index in [2.05, 4.69) is 46.7 Å². The molecule has 3 aliphatic rings. The van der Waals surface area contributed by atoms with Crippen LogP contribution in [0.1, 0.15) is 86.7 Å². The van der Waals surface area contributed by atoms with Crippen LogP contribution in [0.5, 0.6) is 0 Å². The summed E-state index contributed by atoms with van der Waals surface area (Å²) in [5, 5.41) is 18.5. The van der Waals surface area contributed by atoms with E-state index in [0.717, 1.165) is 122 Å². The van der Waals surface area contributed by atoms with E-state index in [0.29, 0.717) is 0 Å². The fourth-order valence-electron chi connectivity index (χ4n) is 7.20. The lowest BCUT2D eigenvalue weighted by atomic mass is 9.81. The Balaban J connectivity index is 0.000000908. The number of anilines is 1. The molecule has 1 aromatic heterocycles. The molecule has 2 N–H and O–H groups in total. The summed E-state index contributed by atoms with van der Waals surface area (Å²) >= 11 is 2.01. The molecule has 272 valence electrons. The van der Waals surface area contributed by atoms with Gasteiger partial charge in [-0.3, -0.25) is 19.6 Å². The van der Waals surface area contributed by atoms with E-state index in [1.165, 1.54) is 16.7 Å². The van der Waals surface area contributed by atoms with Crippen molar-refractivity contribution in [1.82, 2.24) is 14.8 Å². The molecular formula is C41H57FN4O3S. The second-order valence-electron chi connectivity index (χ2n) is 16.1. The zero-order chi connectivity index (χ0) is 36.2. The molecule has 0 radical (unpaired) electrons. The lowest BCUT2D eigenvalue weighted by Gasteiger charge is -2.40. The smallest absolute Gasteiger partial charge is 0.307 e. The number of carbonyl (C=O) groups is 1. The predicted molar refractivity (Wildman–Crippen MR) is 205 cm³/mol. The van der Waals surface area contributed by atoms with Crippen molar-refractivity contribution in [2.24, 2.45) is 5.41 Å². The molecule has 2 aromatic carbocycles. The van der Waals surface area contributed by atoms with E-state index < -0.39 is 11.6 Å². The lowest BCUT2D eigenvalue weighted by Crippen LogP contribution is -2.39. The first-order valence-corrected chi connectivity index (χ1v) is 19.3. The topological polar surface area (TPSA) is 80.1 Å². The van der Waals surface area contributed by atoms with Crippen LogP contribution >= 0.6 is 11.8 Å². The highest BCUT2D eigenvalue weighted by Crippen LogP contribution is 2.43. The van der Waals surface area contributed by atoms with Crippen molar-refractivity contribution >= 4 is 23.4 Å². The van der Waals surface area contributed by atoms with E-state index in [4.69, 9.17) is 10.1 Å². The van der Waals surface area contributed by atoms with Crippen LogP contribution in [0.3, 0.4) is 0 Å². The third-order valence-electron chi connectivity index (χ3n) is 10.1. The minimum atomic E-state index is -0.813. The number of carboxylic acid groups (broad SMARTS) is 1. The number of thioether (sulfide) groups is 1. The van der Waals surface area contributed by atoms with E-state index in [-0.39, 0.29) is 17.7 Å². The Labute approximate surface area is 303 Å². The third kappa shape index (κ3) is 10.3. The number of benzene rings is 2. The summed E-state index contributed by atoms with van der Waals surface area (Å²) in [6.07, 6.45) is 3.07. The van der Waals surface area contributed by atoms with Gasteiger partial charge in [-0.1, -0.05) is 38.1 Å². The van der Waals surface area contributed by atoms with Crippen LogP contribution in [0.2, 0.25) is 0 Å². The number of fused-ring (bicyclic) bond motifs is 1. The molecule has 0 saturated carbocycles. The van der Waals surface area contributed by atoms with Gasteiger partial charge in [0.25, 0.3) is 0 Å². The summed E-state index contributed by atoms with van der Waals surface area (Å²) in [6, 6.07) is 12.0. The molecule has 0 bridgehead atoms. The van der Waals surface area contributed by atoms with E-state index >= 15 is 0 Å². The molecule has 0 amide bonds. The quantitative estimate of drug-likeness (QED) is 0.248. The van der Waals surface area contributed by atoms with Gasteiger partial charge in [-0.15, -0.1) is 0 Å². The highest BCUT2D eigenvalue weighted by molar-refractivity contribution is 7.99. The molecule has 0 unspecified atom stereocenters. The molecular weight excluding hydrogens is 648 g/mol. The van der Waals surface area contributed by atoms with Crippen molar-refractivity contribution in [3.05, 3.63) is 81.4 Å². The van der Waals surface area contributed by atoms with E-state index in [1.54, 1.807) is 32.9 Å². The summed E-state index contributed by atoms with van der Waals surface area (Å²) in [7, 11) is 0. The lowest BCUT2D eigenvalue weighted by molar-refractivity contribution is -0.136. The van der Waals surface area contributed by atoms with Crippen molar-refractivity contribution in [1.29, 1.82) is 0 Å². The number of carboxylic acids is 1. The Bertz CT molecular complexity index is 1650. The van der Waals surface area contributed by atoms with Crippen molar-refractivity contribution in [3.8, 4) is 11.1 Å². The van der Waals surface area contributed by atoms with Crippen LogP contribution in [0.25, 0.3) is 11.1 Å². The average molecular weight is 705 g/mol. The van der Waals surface area contributed by atoms with Gasteiger partial charge in [0.2, 0.25) is 0 Å². The largest absolute Gasteiger partial charge is 0.481 e. The Morgan fingerprint density at radius 3 is 2.26 bits per heavy atom. The molecule has 3 aliphatic heterocycles. The van der Waals surface area contributed by atoms with Gasteiger partial charge in [0.15, 0.2) is 0 Å². The average Bonchev–Trinajstić information content (AvgIpc) is 3.03. The number of aromatic nitrogens is 1. The number of rotatable bonds is 8. The number of nitrogens with zero attached hydrogens (tertiary/aromatic N) is 4. The van der Waals surface area contributed by atoms with Gasteiger partial charge >= 0.3 is 5.97 Å². The maximum Gasteiger partial charge on any atom is 0.307 e. The first-order chi connectivity index (χ1) is 23.6. The van der Waals surface area contributed by atoms with E-state index in [9.17, 15) is 14.3 Å². The van der Waals surface area contributed by atoms with Gasteiger partial charge in [-0.05, 0) is 99.2 Å². The second kappa shape index (κ2) is 16.1. The number of aryl methyl sites for hydroxylation is 2. The number of hydrogen-bond acceptors (Lipinski definition) is 7. The summed E-state index contributed by atoms with van der Waals surface area (Å²) in [4.78, 5) is 24.8. The van der Waals surface area contributed by atoms with Crippen LogP contribution in [-0.4, -0.2) is 80.8 Å². The summed E-state index contributed by atoms with van der Waals surface area (Å²) < 4.78 is 13.7. The maximum absolute atomic E-state index is 13.7. The Morgan fingerprint density at radius 1 is 0.940 bits per heavy atom. The predicted octanol–water partition coefficient (Wildman–Crippen LogP) is 7.64. The Hall–Kier alpha value is -2.98. The number of hydrogen-bond donors (Lipinski definition) is 2. The fourth-order valence-corrected chi connectivity index (χ4v) is 8.18. The highest BCUT2D eigenvalue weighted by atomic mass is 32.2. The van der Waals surface area contributed by atoms with Crippen LogP contribution in [-0.2, 0) is 37.3 Å². The minimum absolute atomic E-state index is 0.0234. The minimum Gasteiger partial charge on any atom is -0.481 e. The van der Waals surface area contributed by atoms with Gasteiger partial charge in [0.05, 0.1) is 23.4 Å². The first-order valence-electron chi connectivity index (χ1n) is 18.2. The molecule has 2 fully saturated rings.